The normalized spacial score (nSPS) is 26.9. The van der Waals surface area contributed by atoms with Gasteiger partial charge in [0.15, 0.2) is 0 Å². The molecule has 3 N–H and O–H groups in total. The number of nitrogens with one attached hydrogen (secondary N) is 1. The van der Waals surface area contributed by atoms with Gasteiger partial charge >= 0.3 is 0 Å². The van der Waals surface area contributed by atoms with E-state index in [-0.39, 0.29) is 11.5 Å². The third kappa shape index (κ3) is 2.18. The first-order chi connectivity index (χ1) is 7.26. The highest BCUT2D eigenvalue weighted by molar-refractivity contribution is 5.12. The number of hydrazine groups is 1. The maximum atomic E-state index is 5.70. The maximum absolute atomic E-state index is 5.70. The van der Waals surface area contributed by atoms with E-state index >= 15 is 0 Å². The molecule has 2 aliphatic rings. The molecule has 0 bridgehead atoms. The van der Waals surface area contributed by atoms with Crippen LogP contribution in [0, 0.1) is 5.41 Å². The number of nitrogens with two attached hydrogens (primary N) is 1. The summed E-state index contributed by atoms with van der Waals surface area (Å²) in [5, 5.41) is 0. The van der Waals surface area contributed by atoms with E-state index < -0.39 is 0 Å². The zero-order valence-corrected chi connectivity index (χ0v) is 9.59. The van der Waals surface area contributed by atoms with Crippen molar-refractivity contribution < 1.29 is 4.74 Å². The molecule has 0 aromatic carbocycles. The van der Waals surface area contributed by atoms with Crippen molar-refractivity contribution in [2.75, 3.05) is 6.61 Å². The Morgan fingerprint density at radius 2 is 2.13 bits per heavy atom. The van der Waals surface area contributed by atoms with Gasteiger partial charge in [-0.25, -0.2) is 5.43 Å². The van der Waals surface area contributed by atoms with E-state index in [0.29, 0.717) is 0 Å². The molecule has 0 aromatic rings. The summed E-state index contributed by atoms with van der Waals surface area (Å²) in [4.78, 5) is 0. The summed E-state index contributed by atoms with van der Waals surface area (Å²) in [6.45, 7) is 3.16. The van der Waals surface area contributed by atoms with Gasteiger partial charge in [-0.15, -0.1) is 0 Å². The van der Waals surface area contributed by atoms with E-state index in [1.165, 1.54) is 32.1 Å². The van der Waals surface area contributed by atoms with Crippen LogP contribution < -0.4 is 11.3 Å². The first-order valence-electron chi connectivity index (χ1n) is 6.05. The lowest BCUT2D eigenvalue weighted by Gasteiger charge is -2.40. The molecule has 1 atom stereocenters. The predicted octanol–water partition coefficient (Wildman–Crippen LogP) is 2.09. The molecule has 86 valence electrons. The van der Waals surface area contributed by atoms with Gasteiger partial charge in [-0.2, -0.15) is 0 Å². The molecule has 1 aliphatic carbocycles. The highest BCUT2D eigenvalue weighted by atomic mass is 16.5. The quantitative estimate of drug-likeness (QED) is 0.554. The van der Waals surface area contributed by atoms with Crippen LogP contribution in [-0.2, 0) is 4.74 Å². The Kier molecular flexibility index (Phi) is 3.32. The summed E-state index contributed by atoms with van der Waals surface area (Å²) in [6, 6.07) is 0.209. The maximum Gasteiger partial charge on any atom is 0.111 e. The Bertz CT molecular complexity index is 244. The number of hydrogen-bond acceptors (Lipinski definition) is 3. The Balaban J connectivity index is 2.09. The molecule has 15 heavy (non-hydrogen) atoms. The van der Waals surface area contributed by atoms with Crippen molar-refractivity contribution in [3.63, 3.8) is 0 Å². The molecular weight excluding hydrogens is 188 g/mol. The second kappa shape index (κ2) is 4.54. The molecule has 1 saturated carbocycles. The first kappa shape index (κ1) is 11.0. The predicted molar refractivity (Wildman–Crippen MR) is 61.0 cm³/mol. The van der Waals surface area contributed by atoms with Crippen LogP contribution in [0.25, 0.3) is 0 Å². The summed E-state index contributed by atoms with van der Waals surface area (Å²) in [7, 11) is 0. The van der Waals surface area contributed by atoms with Gasteiger partial charge in [-0.1, -0.05) is 26.2 Å². The summed E-state index contributed by atoms with van der Waals surface area (Å²) in [5.41, 5.74) is 3.24. The minimum Gasteiger partial charge on any atom is -0.496 e. The van der Waals surface area contributed by atoms with Gasteiger partial charge in [0, 0.05) is 6.42 Å². The molecular formula is C12H22N2O. The van der Waals surface area contributed by atoms with Crippen LogP contribution >= 0.6 is 0 Å². The average molecular weight is 210 g/mol. The zero-order valence-electron chi connectivity index (χ0n) is 9.59. The number of rotatable bonds is 3. The van der Waals surface area contributed by atoms with Gasteiger partial charge in [0.1, 0.15) is 5.76 Å². The van der Waals surface area contributed by atoms with Crippen molar-refractivity contribution >= 4 is 0 Å². The second-order valence-corrected chi connectivity index (χ2v) is 5.06. The van der Waals surface area contributed by atoms with Gasteiger partial charge in [-0.3, -0.25) is 5.84 Å². The van der Waals surface area contributed by atoms with Crippen LogP contribution in [0.1, 0.15) is 45.4 Å². The topological polar surface area (TPSA) is 47.3 Å². The molecule has 0 radical (unpaired) electrons. The molecule has 1 unspecified atom stereocenters. The van der Waals surface area contributed by atoms with Gasteiger partial charge in [-0.05, 0) is 24.3 Å². The Hall–Kier alpha value is -0.540. The zero-order chi connectivity index (χ0) is 10.7. The minimum absolute atomic E-state index is 0.209. The lowest BCUT2D eigenvalue weighted by atomic mass is 9.70. The molecule has 1 fully saturated rings. The standard InChI is InChI=1S/C12H22N2O/c1-12(7-3-2-4-8-12)11(14-13)10-6-5-9-15-10/h6,11,14H,2-5,7-9,13H2,1H3. The summed E-state index contributed by atoms with van der Waals surface area (Å²) >= 11 is 0. The largest absolute Gasteiger partial charge is 0.496 e. The van der Waals surface area contributed by atoms with Gasteiger partial charge in [0.05, 0.1) is 12.6 Å². The molecule has 3 nitrogen and oxygen atoms in total. The second-order valence-electron chi connectivity index (χ2n) is 5.06. The first-order valence-corrected chi connectivity index (χ1v) is 6.05. The highest BCUT2D eigenvalue weighted by Crippen LogP contribution is 2.41. The minimum atomic E-state index is 0.209. The summed E-state index contributed by atoms with van der Waals surface area (Å²) in [6.07, 6.45) is 9.73. The van der Waals surface area contributed by atoms with Crippen molar-refractivity contribution in [3.05, 3.63) is 11.8 Å². The molecule has 1 heterocycles. The summed E-state index contributed by atoms with van der Waals surface area (Å²) in [5.74, 6) is 6.77. The molecule has 0 spiro atoms. The van der Waals surface area contributed by atoms with E-state index in [1.807, 2.05) is 0 Å². The van der Waals surface area contributed by atoms with Crippen molar-refractivity contribution in [1.29, 1.82) is 0 Å². The van der Waals surface area contributed by atoms with Gasteiger partial charge in [0.25, 0.3) is 0 Å². The van der Waals surface area contributed by atoms with Crippen LogP contribution in [0.4, 0.5) is 0 Å². The molecule has 0 amide bonds. The van der Waals surface area contributed by atoms with Crippen LogP contribution in [0.5, 0.6) is 0 Å². The van der Waals surface area contributed by atoms with Crippen LogP contribution in [0.3, 0.4) is 0 Å². The van der Waals surface area contributed by atoms with Crippen molar-refractivity contribution in [3.8, 4) is 0 Å². The lowest BCUT2D eigenvalue weighted by Crippen LogP contribution is -2.49. The van der Waals surface area contributed by atoms with Gasteiger partial charge < -0.3 is 4.74 Å². The van der Waals surface area contributed by atoms with Crippen LogP contribution in [0.2, 0.25) is 0 Å². The Morgan fingerprint density at radius 3 is 2.67 bits per heavy atom. The average Bonchev–Trinajstić information content (AvgIpc) is 2.73. The number of hydrogen-bond donors (Lipinski definition) is 2. The Labute approximate surface area is 92.0 Å². The monoisotopic (exact) mass is 210 g/mol. The molecule has 0 aromatic heterocycles. The molecule has 0 saturated heterocycles. The van der Waals surface area contributed by atoms with Crippen molar-refractivity contribution in [2.24, 2.45) is 11.3 Å². The highest BCUT2D eigenvalue weighted by Gasteiger charge is 2.38. The van der Waals surface area contributed by atoms with E-state index in [2.05, 4.69) is 18.4 Å². The molecule has 1 aliphatic heterocycles. The van der Waals surface area contributed by atoms with E-state index in [0.717, 1.165) is 18.8 Å². The van der Waals surface area contributed by atoms with Gasteiger partial charge in [0.2, 0.25) is 0 Å². The van der Waals surface area contributed by atoms with Crippen molar-refractivity contribution in [1.82, 2.24) is 5.43 Å². The fourth-order valence-corrected chi connectivity index (χ4v) is 2.91. The Morgan fingerprint density at radius 1 is 1.40 bits per heavy atom. The van der Waals surface area contributed by atoms with E-state index in [9.17, 15) is 0 Å². The summed E-state index contributed by atoms with van der Waals surface area (Å²) < 4.78 is 5.64. The third-order valence-electron chi connectivity index (χ3n) is 3.88. The van der Waals surface area contributed by atoms with Crippen LogP contribution in [0.15, 0.2) is 11.8 Å². The molecule has 2 rings (SSSR count). The smallest absolute Gasteiger partial charge is 0.111 e. The SMILES string of the molecule is CC1(C(NN)C2=CCCO2)CCCCC1. The molecule has 3 heteroatoms. The van der Waals surface area contributed by atoms with E-state index in [4.69, 9.17) is 10.6 Å². The number of ether oxygens (including phenoxy) is 1. The van der Waals surface area contributed by atoms with Crippen molar-refractivity contribution in [2.45, 2.75) is 51.5 Å². The third-order valence-corrected chi connectivity index (χ3v) is 3.88. The van der Waals surface area contributed by atoms with Crippen LogP contribution in [-0.4, -0.2) is 12.6 Å². The lowest BCUT2D eigenvalue weighted by molar-refractivity contribution is 0.111. The fourth-order valence-electron chi connectivity index (χ4n) is 2.91. The van der Waals surface area contributed by atoms with E-state index in [1.54, 1.807) is 0 Å². The fraction of sp³-hybridized carbons (Fsp3) is 0.833.